The first-order valence-corrected chi connectivity index (χ1v) is 10.1. The van der Waals surface area contributed by atoms with Gasteiger partial charge >= 0.3 is 0 Å². The van der Waals surface area contributed by atoms with Gasteiger partial charge in [0.2, 0.25) is 5.91 Å². The molecule has 2 heterocycles. The molecule has 25 heavy (non-hydrogen) atoms. The van der Waals surface area contributed by atoms with Crippen molar-refractivity contribution in [3.8, 4) is 0 Å². The van der Waals surface area contributed by atoms with Crippen molar-refractivity contribution < 1.29 is 4.79 Å². The van der Waals surface area contributed by atoms with Crippen LogP contribution in [0.2, 0.25) is 0 Å². The Hall–Kier alpha value is -1.69. The minimum atomic E-state index is 0.00287. The molecule has 0 saturated heterocycles. The highest BCUT2D eigenvalue weighted by Gasteiger charge is 2.20. The second-order valence-electron chi connectivity index (χ2n) is 7.27. The Morgan fingerprint density at radius 2 is 2.16 bits per heavy atom. The van der Waals surface area contributed by atoms with Crippen molar-refractivity contribution in [2.45, 2.75) is 65.3 Å². The van der Waals surface area contributed by atoms with Crippen molar-refractivity contribution in [2.75, 3.05) is 6.54 Å². The normalized spacial score (nSPS) is 14.0. The van der Waals surface area contributed by atoms with Crippen molar-refractivity contribution >= 4 is 27.5 Å². The molecule has 1 aliphatic rings. The van der Waals surface area contributed by atoms with E-state index >= 15 is 0 Å². The van der Waals surface area contributed by atoms with Gasteiger partial charge in [0.05, 0.1) is 11.7 Å². The molecule has 0 bridgehead atoms. The molecule has 2 aromatic heterocycles. The molecule has 0 saturated carbocycles. The number of fused-ring (bicyclic) bond motifs is 3. The van der Waals surface area contributed by atoms with E-state index in [1.165, 1.54) is 16.9 Å². The Balaban J connectivity index is 1.63. The fourth-order valence-corrected chi connectivity index (χ4v) is 4.61. The molecule has 1 amide bonds. The van der Waals surface area contributed by atoms with Crippen LogP contribution in [0.4, 0.5) is 0 Å². The number of amides is 1. The zero-order valence-corrected chi connectivity index (χ0v) is 16.0. The predicted molar refractivity (Wildman–Crippen MR) is 102 cm³/mol. The number of carbonyl (C=O) groups excluding carboxylic acids is 1. The van der Waals surface area contributed by atoms with Crippen molar-refractivity contribution in [1.82, 2.24) is 14.9 Å². The van der Waals surface area contributed by atoms with E-state index in [0.29, 0.717) is 25.4 Å². The van der Waals surface area contributed by atoms with E-state index in [-0.39, 0.29) is 11.5 Å². The quantitative estimate of drug-likeness (QED) is 0.770. The van der Waals surface area contributed by atoms with Crippen LogP contribution in [0, 0.1) is 5.92 Å². The maximum Gasteiger partial charge on any atom is 0.262 e. The minimum Gasteiger partial charge on any atom is -0.356 e. The zero-order chi connectivity index (χ0) is 17.8. The lowest BCUT2D eigenvalue weighted by Gasteiger charge is -2.10. The van der Waals surface area contributed by atoms with Gasteiger partial charge in [-0.05, 0) is 50.0 Å². The molecule has 136 valence electrons. The number of hydrogen-bond donors (Lipinski definition) is 1. The van der Waals surface area contributed by atoms with E-state index in [2.05, 4.69) is 24.1 Å². The highest BCUT2D eigenvalue weighted by atomic mass is 32.1. The number of aromatic nitrogens is 2. The minimum absolute atomic E-state index is 0.00287. The number of rotatable bonds is 7. The van der Waals surface area contributed by atoms with E-state index in [9.17, 15) is 9.59 Å². The van der Waals surface area contributed by atoms with Crippen LogP contribution in [0.3, 0.4) is 0 Å². The summed E-state index contributed by atoms with van der Waals surface area (Å²) in [6.07, 6.45) is 8.42. The number of aryl methyl sites for hydroxylation is 3. The lowest BCUT2D eigenvalue weighted by molar-refractivity contribution is -0.121. The van der Waals surface area contributed by atoms with Gasteiger partial charge in [-0.3, -0.25) is 14.2 Å². The average Bonchev–Trinajstić information content (AvgIpc) is 2.97. The first-order valence-electron chi connectivity index (χ1n) is 9.32. The zero-order valence-electron chi connectivity index (χ0n) is 15.1. The van der Waals surface area contributed by atoms with E-state index in [0.717, 1.165) is 42.3 Å². The lowest BCUT2D eigenvalue weighted by atomic mass is 9.97. The van der Waals surface area contributed by atoms with Crippen LogP contribution >= 0.6 is 11.3 Å². The molecule has 1 aliphatic carbocycles. The Labute approximate surface area is 152 Å². The van der Waals surface area contributed by atoms with Crippen molar-refractivity contribution in [3.05, 3.63) is 27.1 Å². The third-order valence-electron chi connectivity index (χ3n) is 4.80. The molecule has 0 fully saturated rings. The molecule has 0 aromatic carbocycles. The van der Waals surface area contributed by atoms with Crippen LogP contribution in [-0.4, -0.2) is 22.0 Å². The summed E-state index contributed by atoms with van der Waals surface area (Å²) in [6.45, 7) is 5.46. The summed E-state index contributed by atoms with van der Waals surface area (Å²) in [7, 11) is 0. The molecule has 3 rings (SSSR count). The van der Waals surface area contributed by atoms with Gasteiger partial charge in [0, 0.05) is 24.4 Å². The molecule has 1 N–H and O–H groups in total. The van der Waals surface area contributed by atoms with Gasteiger partial charge in [-0.2, -0.15) is 0 Å². The predicted octanol–water partition coefficient (Wildman–Crippen LogP) is 3.28. The largest absolute Gasteiger partial charge is 0.356 e. The SMILES string of the molecule is CC(C)CCCNC(=O)CCn1cnc2sc3c(c2c1=O)CCCC3. The van der Waals surface area contributed by atoms with Crippen molar-refractivity contribution in [3.63, 3.8) is 0 Å². The summed E-state index contributed by atoms with van der Waals surface area (Å²) >= 11 is 1.66. The van der Waals surface area contributed by atoms with Crippen LogP contribution in [0.5, 0.6) is 0 Å². The fraction of sp³-hybridized carbons (Fsp3) is 0.632. The van der Waals surface area contributed by atoms with Gasteiger partial charge < -0.3 is 5.32 Å². The topological polar surface area (TPSA) is 64.0 Å². The van der Waals surface area contributed by atoms with Crippen molar-refractivity contribution in [2.24, 2.45) is 5.92 Å². The summed E-state index contributed by atoms with van der Waals surface area (Å²) < 4.78 is 1.59. The van der Waals surface area contributed by atoms with E-state index in [4.69, 9.17) is 0 Å². The number of hydrogen-bond acceptors (Lipinski definition) is 4. The number of nitrogens with one attached hydrogen (secondary N) is 1. The Morgan fingerprint density at radius 1 is 1.36 bits per heavy atom. The molecule has 0 radical (unpaired) electrons. The highest BCUT2D eigenvalue weighted by Crippen LogP contribution is 2.33. The molecular formula is C19H27N3O2S. The third kappa shape index (κ3) is 4.29. The fourth-order valence-electron chi connectivity index (χ4n) is 3.39. The van der Waals surface area contributed by atoms with Gasteiger partial charge in [-0.1, -0.05) is 13.8 Å². The van der Waals surface area contributed by atoms with Crippen LogP contribution in [0.15, 0.2) is 11.1 Å². The van der Waals surface area contributed by atoms with E-state index in [1.54, 1.807) is 22.2 Å². The molecule has 0 aliphatic heterocycles. The van der Waals surface area contributed by atoms with Gasteiger partial charge in [0.15, 0.2) is 0 Å². The summed E-state index contributed by atoms with van der Waals surface area (Å²) in [6, 6.07) is 0. The molecular weight excluding hydrogens is 334 g/mol. The Bertz CT molecular complexity index is 807. The maximum absolute atomic E-state index is 12.8. The van der Waals surface area contributed by atoms with E-state index < -0.39 is 0 Å². The molecule has 5 nitrogen and oxygen atoms in total. The summed E-state index contributed by atoms with van der Waals surface area (Å²) in [5, 5.41) is 3.73. The number of thiophene rings is 1. The summed E-state index contributed by atoms with van der Waals surface area (Å²) in [4.78, 5) is 31.4. The smallest absolute Gasteiger partial charge is 0.262 e. The average molecular weight is 362 g/mol. The Kier molecular flexibility index (Phi) is 5.89. The van der Waals surface area contributed by atoms with Crippen LogP contribution in [0.25, 0.3) is 10.2 Å². The standard InChI is InChI=1S/C19H27N3O2S/c1-13(2)6-5-10-20-16(23)9-11-22-12-21-18-17(19(22)24)14-7-3-4-8-15(14)25-18/h12-13H,3-11H2,1-2H3,(H,20,23). The van der Waals surface area contributed by atoms with Gasteiger partial charge in [-0.25, -0.2) is 4.98 Å². The molecule has 0 spiro atoms. The lowest BCUT2D eigenvalue weighted by Crippen LogP contribution is -2.28. The second kappa shape index (κ2) is 8.13. The summed E-state index contributed by atoms with van der Waals surface area (Å²) in [5.74, 6) is 0.660. The van der Waals surface area contributed by atoms with Crippen LogP contribution in [-0.2, 0) is 24.2 Å². The Morgan fingerprint density at radius 3 is 2.96 bits per heavy atom. The highest BCUT2D eigenvalue weighted by molar-refractivity contribution is 7.18. The van der Waals surface area contributed by atoms with Crippen LogP contribution in [0.1, 0.15) is 56.4 Å². The number of carbonyl (C=O) groups is 1. The first-order chi connectivity index (χ1) is 12.1. The van der Waals surface area contributed by atoms with Crippen LogP contribution < -0.4 is 10.9 Å². The van der Waals surface area contributed by atoms with E-state index in [1.807, 2.05) is 0 Å². The molecule has 2 aromatic rings. The first kappa shape index (κ1) is 18.1. The van der Waals surface area contributed by atoms with Gasteiger partial charge in [0.25, 0.3) is 5.56 Å². The third-order valence-corrected chi connectivity index (χ3v) is 6.00. The second-order valence-corrected chi connectivity index (χ2v) is 8.35. The summed E-state index contributed by atoms with van der Waals surface area (Å²) in [5.41, 5.74) is 1.22. The maximum atomic E-state index is 12.8. The molecule has 0 unspecified atom stereocenters. The van der Waals surface area contributed by atoms with Gasteiger partial charge in [-0.15, -0.1) is 11.3 Å². The van der Waals surface area contributed by atoms with Gasteiger partial charge in [0.1, 0.15) is 4.83 Å². The van der Waals surface area contributed by atoms with Crippen molar-refractivity contribution in [1.29, 1.82) is 0 Å². The molecule has 0 atom stereocenters. The molecule has 6 heteroatoms. The monoisotopic (exact) mass is 361 g/mol. The number of nitrogens with zero attached hydrogens (tertiary/aromatic N) is 2.